The molecule has 55 heavy (non-hydrogen) atoms. The van der Waals surface area contributed by atoms with Crippen molar-refractivity contribution in [2.75, 3.05) is 22.6 Å². The van der Waals surface area contributed by atoms with Gasteiger partial charge in [-0.15, -0.1) is 0 Å². The van der Waals surface area contributed by atoms with E-state index >= 15 is 0 Å². The van der Waals surface area contributed by atoms with Gasteiger partial charge in [0.25, 0.3) is 5.91 Å². The highest BCUT2D eigenvalue weighted by Crippen LogP contribution is 2.23. The Morgan fingerprint density at radius 2 is 1.04 bits per heavy atom. The van der Waals surface area contributed by atoms with Crippen LogP contribution in [0.15, 0.2) is 72.8 Å². The SMILES string of the molecule is CCCCC(CC)COC(=O)c1ccc(Nc2nc(Nc3ccc(C(=O)NC(C)(C)C)cc3)nc(Nc3ccc(C(=O)OC(CC)CCCC)cc3)n2)cc1. The van der Waals surface area contributed by atoms with Gasteiger partial charge in [0, 0.05) is 28.2 Å². The lowest BCUT2D eigenvalue weighted by atomic mass is 10.0. The Kier molecular flexibility index (Phi) is 16.0. The summed E-state index contributed by atoms with van der Waals surface area (Å²) >= 11 is 0. The van der Waals surface area contributed by atoms with Crippen LogP contribution in [0.5, 0.6) is 0 Å². The number of aromatic nitrogens is 3. The number of ether oxygens (including phenoxy) is 2. The van der Waals surface area contributed by atoms with Gasteiger partial charge in [0.15, 0.2) is 0 Å². The van der Waals surface area contributed by atoms with E-state index < -0.39 is 0 Å². The number of benzene rings is 3. The van der Waals surface area contributed by atoms with Crippen LogP contribution in [0.3, 0.4) is 0 Å². The van der Waals surface area contributed by atoms with Gasteiger partial charge in [0.1, 0.15) is 6.10 Å². The minimum absolute atomic E-state index is 0.108. The zero-order chi connectivity index (χ0) is 39.8. The molecule has 0 spiro atoms. The molecule has 4 N–H and O–H groups in total. The molecule has 0 bridgehead atoms. The monoisotopic (exact) mass is 751 g/mol. The van der Waals surface area contributed by atoms with E-state index in [2.05, 4.69) is 57.0 Å². The van der Waals surface area contributed by atoms with Crippen LogP contribution in [-0.2, 0) is 9.47 Å². The van der Waals surface area contributed by atoms with E-state index in [1.54, 1.807) is 72.8 Å². The maximum Gasteiger partial charge on any atom is 0.338 e. The number of anilines is 6. The molecule has 2 atom stereocenters. The van der Waals surface area contributed by atoms with Gasteiger partial charge in [-0.3, -0.25) is 4.79 Å². The molecule has 0 saturated heterocycles. The molecule has 4 aromatic rings. The maximum atomic E-state index is 12.8. The highest BCUT2D eigenvalue weighted by atomic mass is 16.5. The summed E-state index contributed by atoms with van der Waals surface area (Å²) < 4.78 is 11.4. The van der Waals surface area contributed by atoms with Crippen molar-refractivity contribution in [3.8, 4) is 0 Å². The van der Waals surface area contributed by atoms with Crippen molar-refractivity contribution in [2.24, 2.45) is 5.92 Å². The first kappa shape index (κ1) is 42.2. The van der Waals surface area contributed by atoms with Crippen LogP contribution < -0.4 is 21.3 Å². The molecule has 0 aliphatic carbocycles. The molecule has 0 aliphatic rings. The lowest BCUT2D eigenvalue weighted by Gasteiger charge is -2.20. The van der Waals surface area contributed by atoms with E-state index in [1.165, 1.54) is 0 Å². The molecule has 2 unspecified atom stereocenters. The largest absolute Gasteiger partial charge is 0.462 e. The molecular formula is C43H57N7O5. The standard InChI is InChI=1S/C43H57N7O5/c1-8-12-14-29(10-3)28-54-38(52)31-18-24-34(25-19-31)45-41-47-40(44-33-22-16-30(17-23-33)37(51)50-43(5,6)7)48-42(49-41)46-35-26-20-32(21-27-35)39(53)55-36(11-4)15-13-9-2/h16-27,29,36H,8-15,28H2,1-7H3,(H,50,51)(H3,44,45,46,47,48,49). The number of nitrogens with zero attached hydrogens (tertiary/aromatic N) is 3. The van der Waals surface area contributed by atoms with E-state index in [0.717, 1.165) is 51.4 Å². The molecule has 12 heteroatoms. The second-order valence-corrected chi connectivity index (χ2v) is 14.7. The van der Waals surface area contributed by atoms with Crippen molar-refractivity contribution in [1.29, 1.82) is 0 Å². The highest BCUT2D eigenvalue weighted by molar-refractivity contribution is 5.95. The molecule has 1 amide bonds. The summed E-state index contributed by atoms with van der Waals surface area (Å²) in [7, 11) is 0. The van der Waals surface area contributed by atoms with Crippen LogP contribution in [0, 0.1) is 5.92 Å². The Balaban J connectivity index is 1.52. The summed E-state index contributed by atoms with van der Waals surface area (Å²) in [4.78, 5) is 52.0. The number of esters is 2. The average molecular weight is 752 g/mol. The number of unbranched alkanes of at least 4 members (excludes halogenated alkanes) is 2. The van der Waals surface area contributed by atoms with E-state index in [9.17, 15) is 14.4 Å². The van der Waals surface area contributed by atoms with Gasteiger partial charge in [-0.2, -0.15) is 15.0 Å². The van der Waals surface area contributed by atoms with Gasteiger partial charge in [0.2, 0.25) is 17.8 Å². The number of hydrogen-bond acceptors (Lipinski definition) is 11. The maximum absolute atomic E-state index is 12.8. The van der Waals surface area contributed by atoms with Gasteiger partial charge in [-0.1, -0.05) is 59.8 Å². The molecule has 0 fully saturated rings. The number of amides is 1. The van der Waals surface area contributed by atoms with Crippen molar-refractivity contribution in [3.05, 3.63) is 89.5 Å². The number of nitrogens with one attached hydrogen (secondary N) is 4. The van der Waals surface area contributed by atoms with Gasteiger partial charge < -0.3 is 30.7 Å². The number of rotatable bonds is 20. The normalized spacial score (nSPS) is 12.3. The van der Waals surface area contributed by atoms with Crippen molar-refractivity contribution < 1.29 is 23.9 Å². The first-order valence-electron chi connectivity index (χ1n) is 19.5. The van der Waals surface area contributed by atoms with Crippen molar-refractivity contribution in [3.63, 3.8) is 0 Å². The summed E-state index contributed by atoms with van der Waals surface area (Å²) in [6, 6.07) is 20.9. The summed E-state index contributed by atoms with van der Waals surface area (Å²) in [5, 5.41) is 12.6. The van der Waals surface area contributed by atoms with Gasteiger partial charge in [-0.05, 0) is 119 Å². The summed E-state index contributed by atoms with van der Waals surface area (Å²) in [5.74, 6) is 0.169. The minimum atomic E-state index is -0.364. The van der Waals surface area contributed by atoms with Crippen LogP contribution in [0.25, 0.3) is 0 Å². The lowest BCUT2D eigenvalue weighted by molar-refractivity contribution is 0.0267. The second-order valence-electron chi connectivity index (χ2n) is 14.7. The van der Waals surface area contributed by atoms with Crippen LogP contribution in [-0.4, -0.2) is 51.0 Å². The van der Waals surface area contributed by atoms with Gasteiger partial charge in [0.05, 0.1) is 17.7 Å². The lowest BCUT2D eigenvalue weighted by Crippen LogP contribution is -2.40. The van der Waals surface area contributed by atoms with E-state index in [-0.39, 0.29) is 47.3 Å². The summed E-state index contributed by atoms with van der Waals surface area (Å²) in [6.07, 6.45) is 7.80. The third-order valence-corrected chi connectivity index (χ3v) is 8.88. The molecule has 0 radical (unpaired) electrons. The molecular weight excluding hydrogens is 695 g/mol. The predicted octanol–water partition coefficient (Wildman–Crippen LogP) is 10.1. The Morgan fingerprint density at radius 1 is 0.600 bits per heavy atom. The topological polar surface area (TPSA) is 156 Å². The highest BCUT2D eigenvalue weighted by Gasteiger charge is 2.17. The molecule has 0 aliphatic heterocycles. The Labute approximate surface area is 325 Å². The van der Waals surface area contributed by atoms with E-state index in [4.69, 9.17) is 9.47 Å². The fraction of sp³-hybridized carbons (Fsp3) is 0.442. The van der Waals surface area contributed by atoms with Crippen molar-refractivity contribution in [1.82, 2.24) is 20.3 Å². The molecule has 294 valence electrons. The number of carbonyl (C=O) groups is 3. The summed E-state index contributed by atoms with van der Waals surface area (Å²) in [5.41, 5.74) is 3.02. The molecule has 3 aromatic carbocycles. The average Bonchev–Trinajstić information content (AvgIpc) is 3.16. The number of hydrogen-bond donors (Lipinski definition) is 4. The molecule has 12 nitrogen and oxygen atoms in total. The van der Waals surface area contributed by atoms with Crippen molar-refractivity contribution >= 4 is 52.8 Å². The van der Waals surface area contributed by atoms with Crippen LogP contribution in [0.1, 0.15) is 131 Å². The third-order valence-electron chi connectivity index (χ3n) is 8.88. The number of carbonyl (C=O) groups excluding carboxylic acids is 3. The predicted molar refractivity (Wildman–Crippen MR) is 219 cm³/mol. The van der Waals surface area contributed by atoms with E-state index in [1.807, 2.05) is 27.7 Å². The van der Waals surface area contributed by atoms with E-state index in [0.29, 0.717) is 46.3 Å². The smallest absolute Gasteiger partial charge is 0.338 e. The molecule has 1 heterocycles. The van der Waals surface area contributed by atoms with Crippen LogP contribution in [0.4, 0.5) is 34.9 Å². The van der Waals surface area contributed by atoms with Crippen LogP contribution >= 0.6 is 0 Å². The van der Waals surface area contributed by atoms with Gasteiger partial charge >= 0.3 is 11.9 Å². The zero-order valence-corrected chi connectivity index (χ0v) is 33.3. The van der Waals surface area contributed by atoms with Crippen molar-refractivity contribution in [2.45, 2.75) is 111 Å². The van der Waals surface area contributed by atoms with Gasteiger partial charge in [-0.25, -0.2) is 9.59 Å². The molecule has 0 saturated carbocycles. The second kappa shape index (κ2) is 20.8. The fourth-order valence-electron chi connectivity index (χ4n) is 5.60. The third kappa shape index (κ3) is 14.0. The first-order valence-corrected chi connectivity index (χ1v) is 19.5. The first-order chi connectivity index (χ1) is 26.4. The summed E-state index contributed by atoms with van der Waals surface area (Å²) in [6.45, 7) is 14.6. The molecule has 4 rings (SSSR count). The minimum Gasteiger partial charge on any atom is -0.462 e. The zero-order valence-electron chi connectivity index (χ0n) is 33.3. The fourth-order valence-corrected chi connectivity index (χ4v) is 5.60. The van der Waals surface area contributed by atoms with Crippen LogP contribution in [0.2, 0.25) is 0 Å². The Hall–Kier alpha value is -5.52. The Bertz CT molecular complexity index is 1820. The Morgan fingerprint density at radius 3 is 1.45 bits per heavy atom. The molecule has 1 aromatic heterocycles. The quantitative estimate of drug-likeness (QED) is 0.0637.